The van der Waals surface area contributed by atoms with E-state index in [4.69, 9.17) is 27.6 Å². The normalized spacial score (nSPS) is 11.3. The summed E-state index contributed by atoms with van der Waals surface area (Å²) < 4.78 is 6.92. The molecule has 4 rings (SSSR count). The van der Waals surface area contributed by atoms with Gasteiger partial charge in [0.1, 0.15) is 0 Å². The van der Waals surface area contributed by atoms with Gasteiger partial charge in [0.05, 0.1) is 16.1 Å². The lowest BCUT2D eigenvalue weighted by atomic mass is 10.1. The van der Waals surface area contributed by atoms with E-state index in [-0.39, 0.29) is 16.5 Å². The van der Waals surface area contributed by atoms with Crippen LogP contribution >= 0.6 is 23.2 Å². The monoisotopic (exact) mass is 371 g/mol. The Kier molecular flexibility index (Phi) is 3.67. The van der Waals surface area contributed by atoms with Crippen molar-refractivity contribution in [2.45, 2.75) is 6.92 Å². The smallest absolute Gasteiger partial charge is 0.344 e. The second-order valence-corrected chi connectivity index (χ2v) is 6.55. The number of carbonyl (C=O) groups excluding carboxylic acids is 1. The molecule has 6 heteroatoms. The summed E-state index contributed by atoms with van der Waals surface area (Å²) in [5, 5.41) is 2.13. The van der Waals surface area contributed by atoms with Crippen molar-refractivity contribution in [2.75, 3.05) is 0 Å². The van der Waals surface area contributed by atoms with Crippen molar-refractivity contribution in [3.8, 4) is 11.1 Å². The standard InChI is InChI=1S/C19H11Cl2NO3/c1-10(23)22-9-15(13-4-2-3-5-17(13)22)14-7-11-6-12(20)8-16(21)18(11)25-19(14)24/h2-9H,1H3. The third kappa shape index (κ3) is 2.54. The summed E-state index contributed by atoms with van der Waals surface area (Å²) in [7, 11) is 0. The molecule has 4 nitrogen and oxygen atoms in total. The Morgan fingerprint density at radius 3 is 2.60 bits per heavy atom. The molecule has 0 saturated heterocycles. The van der Waals surface area contributed by atoms with Crippen molar-refractivity contribution in [1.29, 1.82) is 0 Å². The zero-order chi connectivity index (χ0) is 17.7. The summed E-state index contributed by atoms with van der Waals surface area (Å²) in [6, 6.07) is 12.3. The maximum atomic E-state index is 12.5. The van der Waals surface area contributed by atoms with Crippen LogP contribution in [0, 0.1) is 0 Å². The van der Waals surface area contributed by atoms with E-state index >= 15 is 0 Å². The topological polar surface area (TPSA) is 52.2 Å². The molecule has 124 valence electrons. The van der Waals surface area contributed by atoms with Crippen LogP contribution in [0.5, 0.6) is 0 Å². The Bertz CT molecular complexity index is 1220. The molecule has 2 aromatic heterocycles. The Balaban J connectivity index is 2.09. The van der Waals surface area contributed by atoms with Crippen LogP contribution < -0.4 is 5.63 Å². The predicted molar refractivity (Wildman–Crippen MR) is 99.7 cm³/mol. The SMILES string of the molecule is CC(=O)n1cc(-c2cc3cc(Cl)cc(Cl)c3oc2=O)c2ccccc21. The highest BCUT2D eigenvalue weighted by molar-refractivity contribution is 6.38. The van der Waals surface area contributed by atoms with Gasteiger partial charge in [0.2, 0.25) is 5.91 Å². The van der Waals surface area contributed by atoms with E-state index in [1.54, 1.807) is 18.3 Å². The van der Waals surface area contributed by atoms with Crippen molar-refractivity contribution in [3.63, 3.8) is 0 Å². The molecule has 0 atom stereocenters. The third-order valence-electron chi connectivity index (χ3n) is 4.09. The van der Waals surface area contributed by atoms with E-state index in [1.165, 1.54) is 17.6 Å². The molecule has 0 saturated carbocycles. The quantitative estimate of drug-likeness (QED) is 0.422. The number of nitrogens with zero attached hydrogens (tertiary/aromatic N) is 1. The molecule has 0 aliphatic carbocycles. The Morgan fingerprint density at radius 1 is 1.08 bits per heavy atom. The van der Waals surface area contributed by atoms with E-state index in [0.717, 1.165) is 10.9 Å². The minimum Gasteiger partial charge on any atom is -0.421 e. The number of hydrogen-bond acceptors (Lipinski definition) is 3. The zero-order valence-corrected chi connectivity index (χ0v) is 14.6. The van der Waals surface area contributed by atoms with Crippen LogP contribution in [0.2, 0.25) is 10.0 Å². The average molecular weight is 372 g/mol. The van der Waals surface area contributed by atoms with Crippen molar-refractivity contribution in [2.24, 2.45) is 0 Å². The van der Waals surface area contributed by atoms with Crippen molar-refractivity contribution >= 4 is 51.0 Å². The van der Waals surface area contributed by atoms with Crippen LogP contribution in [-0.2, 0) is 0 Å². The first-order valence-electron chi connectivity index (χ1n) is 7.50. The number of hydrogen-bond donors (Lipinski definition) is 0. The van der Waals surface area contributed by atoms with Gasteiger partial charge in [-0.15, -0.1) is 0 Å². The van der Waals surface area contributed by atoms with Gasteiger partial charge in [-0.1, -0.05) is 41.4 Å². The first-order valence-corrected chi connectivity index (χ1v) is 8.25. The van der Waals surface area contributed by atoms with Gasteiger partial charge in [-0.3, -0.25) is 9.36 Å². The van der Waals surface area contributed by atoms with Gasteiger partial charge in [-0.2, -0.15) is 0 Å². The number of benzene rings is 2. The van der Waals surface area contributed by atoms with Crippen LogP contribution in [-0.4, -0.2) is 10.5 Å². The van der Waals surface area contributed by atoms with Crippen molar-refractivity contribution < 1.29 is 9.21 Å². The van der Waals surface area contributed by atoms with E-state index in [0.29, 0.717) is 21.5 Å². The lowest BCUT2D eigenvalue weighted by Gasteiger charge is -2.03. The molecule has 0 spiro atoms. The summed E-state index contributed by atoms with van der Waals surface area (Å²) in [4.78, 5) is 24.5. The summed E-state index contributed by atoms with van der Waals surface area (Å²) in [6.07, 6.45) is 1.65. The number of fused-ring (bicyclic) bond motifs is 2. The molecule has 2 heterocycles. The number of halogens is 2. The van der Waals surface area contributed by atoms with Gasteiger partial charge < -0.3 is 4.42 Å². The summed E-state index contributed by atoms with van der Waals surface area (Å²) in [5.74, 6) is -0.140. The molecular weight excluding hydrogens is 361 g/mol. The fraction of sp³-hybridized carbons (Fsp3) is 0.0526. The van der Waals surface area contributed by atoms with Gasteiger partial charge in [0, 0.05) is 34.5 Å². The maximum Gasteiger partial charge on any atom is 0.344 e. The Morgan fingerprint density at radius 2 is 1.84 bits per heavy atom. The first-order chi connectivity index (χ1) is 12.0. The summed E-state index contributed by atoms with van der Waals surface area (Å²) >= 11 is 12.2. The van der Waals surface area contributed by atoms with Crippen LogP contribution in [0.4, 0.5) is 0 Å². The molecular formula is C19H11Cl2NO3. The fourth-order valence-corrected chi connectivity index (χ4v) is 3.55. The number of carbonyl (C=O) groups is 1. The summed E-state index contributed by atoms with van der Waals surface area (Å²) in [6.45, 7) is 1.47. The molecule has 0 amide bonds. The van der Waals surface area contributed by atoms with Crippen LogP contribution in [0.3, 0.4) is 0 Å². The molecule has 2 aromatic carbocycles. The molecule has 0 unspecified atom stereocenters. The predicted octanol–water partition coefficient (Wildman–Crippen LogP) is 5.38. The average Bonchev–Trinajstić information content (AvgIpc) is 2.95. The van der Waals surface area contributed by atoms with Crippen LogP contribution in [0.15, 0.2) is 57.9 Å². The Labute approximate surface area is 152 Å². The fourth-order valence-electron chi connectivity index (χ4n) is 3.00. The summed E-state index contributed by atoms with van der Waals surface area (Å²) in [5.41, 5.74) is 1.46. The van der Waals surface area contributed by atoms with Crippen LogP contribution in [0.1, 0.15) is 11.7 Å². The number of para-hydroxylation sites is 1. The van der Waals surface area contributed by atoms with E-state index in [9.17, 15) is 9.59 Å². The minimum atomic E-state index is -0.525. The van der Waals surface area contributed by atoms with Gasteiger partial charge in [0.15, 0.2) is 5.58 Å². The molecule has 0 radical (unpaired) electrons. The van der Waals surface area contributed by atoms with E-state index in [2.05, 4.69) is 0 Å². The Hall–Kier alpha value is -2.56. The zero-order valence-electron chi connectivity index (χ0n) is 13.0. The molecule has 0 bridgehead atoms. The van der Waals surface area contributed by atoms with Crippen molar-refractivity contribution in [1.82, 2.24) is 4.57 Å². The van der Waals surface area contributed by atoms with Crippen LogP contribution in [0.25, 0.3) is 33.0 Å². The molecule has 4 aromatic rings. The molecule has 0 aliphatic heterocycles. The molecule has 25 heavy (non-hydrogen) atoms. The van der Waals surface area contributed by atoms with Crippen molar-refractivity contribution in [3.05, 3.63) is 69.1 Å². The third-order valence-corrected chi connectivity index (χ3v) is 4.59. The highest BCUT2D eigenvalue weighted by Crippen LogP contribution is 2.33. The number of aromatic nitrogens is 1. The van der Waals surface area contributed by atoms with Gasteiger partial charge in [0.25, 0.3) is 0 Å². The lowest BCUT2D eigenvalue weighted by molar-refractivity contribution is 0.0941. The highest BCUT2D eigenvalue weighted by Gasteiger charge is 2.17. The highest BCUT2D eigenvalue weighted by atomic mass is 35.5. The molecule has 0 aliphatic rings. The van der Waals surface area contributed by atoms with E-state index < -0.39 is 5.63 Å². The number of rotatable bonds is 1. The molecule has 0 N–H and O–H groups in total. The van der Waals surface area contributed by atoms with Gasteiger partial charge in [-0.25, -0.2) is 4.79 Å². The first kappa shape index (κ1) is 15.9. The largest absolute Gasteiger partial charge is 0.421 e. The van der Waals surface area contributed by atoms with Gasteiger partial charge in [-0.05, 0) is 24.3 Å². The van der Waals surface area contributed by atoms with Gasteiger partial charge >= 0.3 is 5.63 Å². The molecule has 0 fully saturated rings. The van der Waals surface area contributed by atoms with E-state index in [1.807, 2.05) is 24.3 Å². The second kappa shape index (κ2) is 5.76. The minimum absolute atomic E-state index is 0.140. The maximum absolute atomic E-state index is 12.5. The lowest BCUT2D eigenvalue weighted by Crippen LogP contribution is -2.04. The second-order valence-electron chi connectivity index (χ2n) is 5.70.